The van der Waals surface area contributed by atoms with Crippen molar-refractivity contribution in [1.29, 1.82) is 0 Å². The van der Waals surface area contributed by atoms with Gasteiger partial charge in [0.25, 0.3) is 0 Å². The molecule has 13 heteroatoms. The zero-order valence-electron chi connectivity index (χ0n) is 33.8. The number of nitrogens with zero attached hydrogens (tertiary/aromatic N) is 1. The van der Waals surface area contributed by atoms with Gasteiger partial charge in [0.05, 0.1) is 11.1 Å². The quantitative estimate of drug-likeness (QED) is 0.0835. The number of hydrogen-bond acceptors (Lipinski definition) is 1. The van der Waals surface area contributed by atoms with Gasteiger partial charge in [0.2, 0.25) is 0 Å². The Balaban J connectivity index is 0.000000236. The Morgan fingerprint density at radius 3 is 1.16 bits per heavy atom. The van der Waals surface area contributed by atoms with Gasteiger partial charge >= 0.3 is 50.2 Å². The van der Waals surface area contributed by atoms with Crippen molar-refractivity contribution in [2.75, 3.05) is 0 Å². The van der Waals surface area contributed by atoms with E-state index in [1.807, 2.05) is 36.4 Å². The first-order chi connectivity index (χ1) is 26.6. The van der Waals surface area contributed by atoms with Crippen LogP contribution in [0.1, 0.15) is 48.9 Å². The summed E-state index contributed by atoms with van der Waals surface area (Å²) >= 11 is -0.826. The van der Waals surface area contributed by atoms with Crippen molar-refractivity contribution in [2.24, 2.45) is 0 Å². The normalized spacial score (nSPS) is 11.9. The Morgan fingerprint density at radius 1 is 0.561 bits per heavy atom. The van der Waals surface area contributed by atoms with Crippen LogP contribution >= 0.6 is 17.0 Å². The molecule has 0 heterocycles. The SMILES string of the molecule is CCCc1cc2c(-c3ccccc3C(F)(F)F)cccc2[cH-]1.CCCc1cc2c(-c3ccccc3C(F)(F)F)cccc2[cH-]1.[B]N([Si](C)(C)C)[Si](C)(C)C.[Cl][Zr+2][Cl]. The first-order valence-electron chi connectivity index (χ1n) is 18.8. The summed E-state index contributed by atoms with van der Waals surface area (Å²) in [6.45, 7) is 17.9. The fourth-order valence-corrected chi connectivity index (χ4v) is 14.9. The monoisotopic (exact) mass is 933 g/mol. The molecular weight excluding hydrogens is 886 g/mol. The molecule has 6 rings (SSSR count). The van der Waals surface area contributed by atoms with Crippen molar-refractivity contribution in [3.63, 3.8) is 0 Å². The Labute approximate surface area is 356 Å². The molecule has 1 nitrogen and oxygen atoms in total. The first kappa shape index (κ1) is 49.0. The zero-order chi connectivity index (χ0) is 42.8. The molecule has 0 aliphatic heterocycles. The van der Waals surface area contributed by atoms with Gasteiger partial charge in [-0.1, -0.05) is 126 Å². The maximum absolute atomic E-state index is 13.3. The number of rotatable bonds is 8. The van der Waals surface area contributed by atoms with E-state index in [9.17, 15) is 26.3 Å². The topological polar surface area (TPSA) is 3.24 Å². The summed E-state index contributed by atoms with van der Waals surface area (Å²) in [6.07, 6.45) is -4.78. The molecule has 0 N–H and O–H groups in total. The van der Waals surface area contributed by atoms with Crippen molar-refractivity contribution >= 4 is 63.0 Å². The molecule has 0 spiro atoms. The molecule has 2 radical (unpaired) electrons. The molecule has 0 unspecified atom stereocenters. The fourth-order valence-electron chi connectivity index (χ4n) is 6.87. The van der Waals surface area contributed by atoms with Crippen LogP contribution in [0.15, 0.2) is 109 Å². The average molecular weight is 936 g/mol. The molecule has 0 aliphatic rings. The predicted octanol–water partition coefficient (Wildman–Crippen LogP) is 15.8. The van der Waals surface area contributed by atoms with Crippen LogP contribution in [0.3, 0.4) is 0 Å². The summed E-state index contributed by atoms with van der Waals surface area (Å²) in [6, 6.07) is 30.8. The summed E-state index contributed by atoms with van der Waals surface area (Å²) in [5, 5.41) is 3.78. The van der Waals surface area contributed by atoms with Gasteiger partial charge in [-0.3, -0.25) is 0 Å². The molecule has 0 fully saturated rings. The van der Waals surface area contributed by atoms with Crippen molar-refractivity contribution in [3.05, 3.63) is 131 Å². The van der Waals surface area contributed by atoms with Gasteiger partial charge in [0.1, 0.15) is 16.5 Å². The van der Waals surface area contributed by atoms with Crippen LogP contribution in [0.2, 0.25) is 39.3 Å². The second-order valence-corrected chi connectivity index (χ2v) is 29.5. The minimum atomic E-state index is -4.35. The van der Waals surface area contributed by atoms with E-state index in [1.54, 1.807) is 36.4 Å². The Hall–Kier alpha value is -2.40. The number of aryl methyl sites for hydroxylation is 2. The van der Waals surface area contributed by atoms with E-state index < -0.39 is 60.8 Å². The summed E-state index contributed by atoms with van der Waals surface area (Å²) < 4.78 is 81.7. The Bertz CT molecular complexity index is 2020. The standard InChI is InChI=1S/2C19H16F3.C6H18BNSi2.2ClH.Zr/c2*1-2-6-13-11-14-7-5-9-15(17(14)12-13)16-8-3-4-10-18(16)19(20,21)22;1-9(2,3)8(7)10(4,5)6;;;/h2*3-5,7-12H,2,6H2,1H3;1-6H3;2*1H;/q2*-1;;;;+4/p-2. The summed E-state index contributed by atoms with van der Waals surface area (Å²) in [7, 11) is 13.4. The van der Waals surface area contributed by atoms with Crippen LogP contribution in [-0.4, -0.2) is 28.6 Å². The predicted molar refractivity (Wildman–Crippen MR) is 234 cm³/mol. The van der Waals surface area contributed by atoms with E-state index in [2.05, 4.69) is 69.4 Å². The van der Waals surface area contributed by atoms with Crippen LogP contribution < -0.4 is 0 Å². The van der Waals surface area contributed by atoms with E-state index in [1.165, 1.54) is 23.3 Å². The number of fused-ring (bicyclic) bond motifs is 2. The van der Waals surface area contributed by atoms with Crippen LogP contribution in [0.5, 0.6) is 0 Å². The molecule has 57 heavy (non-hydrogen) atoms. The molecule has 6 aromatic rings. The van der Waals surface area contributed by atoms with Gasteiger partial charge in [-0.15, -0.1) is 69.1 Å². The van der Waals surface area contributed by atoms with Crippen LogP contribution in [0, 0.1) is 0 Å². The average Bonchev–Trinajstić information content (AvgIpc) is 3.74. The van der Waals surface area contributed by atoms with Crippen LogP contribution in [-0.2, 0) is 46.0 Å². The number of halogens is 8. The summed E-state index contributed by atoms with van der Waals surface area (Å²) in [4.78, 5) is 0. The van der Waals surface area contributed by atoms with Gasteiger partial charge in [0, 0.05) is 0 Å². The summed E-state index contributed by atoms with van der Waals surface area (Å²) in [5.74, 6) is 0. The number of hydrogen-bond donors (Lipinski definition) is 0. The molecule has 0 saturated heterocycles. The van der Waals surface area contributed by atoms with Crippen LogP contribution in [0.25, 0.3) is 43.8 Å². The van der Waals surface area contributed by atoms with Crippen molar-refractivity contribution < 1.29 is 47.2 Å². The van der Waals surface area contributed by atoms with Crippen molar-refractivity contribution in [1.82, 2.24) is 4.14 Å². The third-order valence-corrected chi connectivity index (χ3v) is 16.1. The van der Waals surface area contributed by atoms with E-state index in [0.717, 1.165) is 59.4 Å². The molecule has 0 aromatic heterocycles. The van der Waals surface area contributed by atoms with Gasteiger partial charge in [-0.25, -0.2) is 0 Å². The van der Waals surface area contributed by atoms with E-state index >= 15 is 0 Å². The van der Waals surface area contributed by atoms with Crippen LogP contribution in [0.4, 0.5) is 26.3 Å². The summed E-state index contributed by atoms with van der Waals surface area (Å²) in [5.41, 5.74) is 2.97. The molecule has 302 valence electrons. The van der Waals surface area contributed by atoms with E-state index in [4.69, 9.17) is 25.0 Å². The second kappa shape index (κ2) is 21.2. The molecule has 0 amide bonds. The molecule has 0 bridgehead atoms. The van der Waals surface area contributed by atoms with Crippen molar-refractivity contribution in [3.8, 4) is 22.3 Å². The number of benzene rings is 4. The fraction of sp³-hybridized carbons (Fsp3) is 0.318. The Morgan fingerprint density at radius 2 is 0.877 bits per heavy atom. The second-order valence-electron chi connectivity index (χ2n) is 15.7. The molecule has 6 aromatic carbocycles. The molecule has 0 saturated carbocycles. The van der Waals surface area contributed by atoms with E-state index in [-0.39, 0.29) is 11.1 Å². The third-order valence-electron chi connectivity index (χ3n) is 9.19. The van der Waals surface area contributed by atoms with Crippen molar-refractivity contribution in [2.45, 2.75) is 91.2 Å². The zero-order valence-corrected chi connectivity index (χ0v) is 39.7. The maximum atomic E-state index is 13.3. The van der Waals surface area contributed by atoms with Gasteiger partial charge < -0.3 is 4.14 Å². The Kier molecular flexibility index (Phi) is 18.2. The minimum absolute atomic E-state index is 0.245. The first-order valence-corrected chi connectivity index (χ1v) is 32.0. The third kappa shape index (κ3) is 13.8. The van der Waals surface area contributed by atoms with Gasteiger partial charge in [0.15, 0.2) is 7.98 Å². The molecule has 0 aliphatic carbocycles. The van der Waals surface area contributed by atoms with Gasteiger partial charge in [-0.2, -0.15) is 38.5 Å². The van der Waals surface area contributed by atoms with E-state index in [0.29, 0.717) is 11.1 Å². The molecular formula is C44H50BCl2F6NSi2Zr. The van der Waals surface area contributed by atoms with Gasteiger partial charge in [-0.05, 0) is 36.1 Å². The molecule has 0 atom stereocenters. The number of alkyl halides is 6.